The van der Waals surface area contributed by atoms with Crippen molar-refractivity contribution >= 4 is 11.4 Å². The Balaban J connectivity index is 2.01. The van der Waals surface area contributed by atoms with Gasteiger partial charge in [0.1, 0.15) is 12.7 Å². The largest absolute Gasteiger partial charge is 0.370 e. The number of nitro benzene ring substituents is 1. The van der Waals surface area contributed by atoms with Crippen LogP contribution in [0, 0.1) is 16.0 Å². The smallest absolute Gasteiger partial charge is 0.271 e. The van der Waals surface area contributed by atoms with Crippen molar-refractivity contribution in [3.8, 4) is 5.69 Å². The fourth-order valence-corrected chi connectivity index (χ4v) is 2.67. The molecule has 0 N–H and O–H groups in total. The quantitative estimate of drug-likeness (QED) is 0.640. The van der Waals surface area contributed by atoms with E-state index in [2.05, 4.69) is 22.0 Å². The lowest BCUT2D eigenvalue weighted by Crippen LogP contribution is -2.33. The maximum Gasteiger partial charge on any atom is 0.271 e. The topological polar surface area (TPSA) is 77.1 Å². The average Bonchev–Trinajstić information content (AvgIpc) is 3.01. The standard InChI is InChI=1S/C14H17N5O2/c1-11-4-6-17(7-5-11)13-3-2-12(19(20)21)8-14(13)18-9-15-16-10-18/h2-3,8-11H,4-7H2,1H3. The van der Waals surface area contributed by atoms with Gasteiger partial charge < -0.3 is 4.90 Å². The van der Waals surface area contributed by atoms with Crippen LogP contribution in [0.2, 0.25) is 0 Å². The van der Waals surface area contributed by atoms with Gasteiger partial charge in [-0.3, -0.25) is 14.7 Å². The molecule has 110 valence electrons. The minimum atomic E-state index is -0.379. The molecule has 1 aliphatic heterocycles. The number of hydrogen-bond donors (Lipinski definition) is 0. The van der Waals surface area contributed by atoms with E-state index in [0.717, 1.165) is 43.2 Å². The third-order valence-corrected chi connectivity index (χ3v) is 3.99. The second-order valence-corrected chi connectivity index (χ2v) is 5.47. The van der Waals surface area contributed by atoms with Crippen molar-refractivity contribution in [2.24, 2.45) is 5.92 Å². The fourth-order valence-electron chi connectivity index (χ4n) is 2.67. The monoisotopic (exact) mass is 287 g/mol. The number of non-ortho nitro benzene ring substituents is 1. The third kappa shape index (κ3) is 2.72. The Hall–Kier alpha value is -2.44. The molecule has 1 aliphatic rings. The van der Waals surface area contributed by atoms with E-state index in [1.807, 2.05) is 6.07 Å². The van der Waals surface area contributed by atoms with Crippen LogP contribution in [0.1, 0.15) is 19.8 Å². The van der Waals surface area contributed by atoms with Crippen molar-refractivity contribution in [2.75, 3.05) is 18.0 Å². The first-order chi connectivity index (χ1) is 10.1. The normalized spacial score (nSPS) is 16.1. The molecule has 0 saturated carbocycles. The number of nitro groups is 1. The molecule has 0 unspecified atom stereocenters. The molecule has 7 nitrogen and oxygen atoms in total. The molecule has 1 saturated heterocycles. The molecule has 2 heterocycles. The van der Waals surface area contributed by atoms with Gasteiger partial charge in [0.15, 0.2) is 0 Å². The summed E-state index contributed by atoms with van der Waals surface area (Å²) in [6.07, 6.45) is 5.40. The van der Waals surface area contributed by atoms with Gasteiger partial charge in [0, 0.05) is 25.2 Å². The zero-order chi connectivity index (χ0) is 14.8. The minimum Gasteiger partial charge on any atom is -0.370 e. The molecule has 21 heavy (non-hydrogen) atoms. The molecule has 0 atom stereocenters. The third-order valence-electron chi connectivity index (χ3n) is 3.99. The lowest BCUT2D eigenvalue weighted by atomic mass is 9.98. The van der Waals surface area contributed by atoms with Crippen molar-refractivity contribution in [3.05, 3.63) is 41.0 Å². The maximum atomic E-state index is 11.0. The van der Waals surface area contributed by atoms with E-state index in [4.69, 9.17) is 0 Å². The molecule has 1 fully saturated rings. The van der Waals surface area contributed by atoms with Crippen molar-refractivity contribution in [3.63, 3.8) is 0 Å². The molecule has 2 aromatic rings. The molecule has 1 aromatic heterocycles. The fraction of sp³-hybridized carbons (Fsp3) is 0.429. The number of anilines is 1. The van der Waals surface area contributed by atoms with E-state index in [1.54, 1.807) is 29.4 Å². The zero-order valence-electron chi connectivity index (χ0n) is 11.8. The molecular formula is C14H17N5O2. The Labute approximate surface area is 122 Å². The van der Waals surface area contributed by atoms with Gasteiger partial charge in [-0.1, -0.05) is 6.92 Å². The SMILES string of the molecule is CC1CCN(c2ccc([N+](=O)[O-])cc2-n2cnnc2)CC1. The van der Waals surface area contributed by atoms with E-state index in [9.17, 15) is 10.1 Å². The Morgan fingerprint density at radius 2 is 1.86 bits per heavy atom. The van der Waals surface area contributed by atoms with Gasteiger partial charge in [0.25, 0.3) is 5.69 Å². The van der Waals surface area contributed by atoms with Crippen LogP contribution in [0.4, 0.5) is 11.4 Å². The number of benzene rings is 1. The molecule has 0 bridgehead atoms. The summed E-state index contributed by atoms with van der Waals surface area (Å²) in [5.74, 6) is 0.734. The molecule has 3 rings (SSSR count). The first kappa shape index (κ1) is 13.5. The first-order valence-electron chi connectivity index (χ1n) is 7.03. The number of rotatable bonds is 3. The summed E-state index contributed by atoms with van der Waals surface area (Å²) >= 11 is 0. The second kappa shape index (κ2) is 5.51. The zero-order valence-corrected chi connectivity index (χ0v) is 11.8. The minimum absolute atomic E-state index is 0.0767. The van der Waals surface area contributed by atoms with E-state index in [0.29, 0.717) is 0 Å². The predicted molar refractivity (Wildman–Crippen MR) is 78.6 cm³/mol. The van der Waals surface area contributed by atoms with Crippen LogP contribution in [-0.2, 0) is 0 Å². The summed E-state index contributed by atoms with van der Waals surface area (Å²) < 4.78 is 1.72. The molecule has 0 radical (unpaired) electrons. The summed E-state index contributed by atoms with van der Waals surface area (Å²) in [5.41, 5.74) is 1.82. The van der Waals surface area contributed by atoms with E-state index >= 15 is 0 Å². The van der Waals surface area contributed by atoms with Gasteiger partial charge in [-0.2, -0.15) is 0 Å². The highest BCUT2D eigenvalue weighted by Gasteiger charge is 2.21. The van der Waals surface area contributed by atoms with Crippen molar-refractivity contribution < 1.29 is 4.92 Å². The molecule has 7 heteroatoms. The van der Waals surface area contributed by atoms with Crippen LogP contribution in [0.15, 0.2) is 30.9 Å². The van der Waals surface area contributed by atoms with Gasteiger partial charge in [0.05, 0.1) is 16.3 Å². The predicted octanol–water partition coefficient (Wildman–Crippen LogP) is 2.41. The van der Waals surface area contributed by atoms with Gasteiger partial charge in [0.2, 0.25) is 0 Å². The summed E-state index contributed by atoms with van der Waals surface area (Å²) in [7, 11) is 0. The number of piperidine rings is 1. The molecule has 0 amide bonds. The van der Waals surface area contributed by atoms with Gasteiger partial charge in [-0.15, -0.1) is 10.2 Å². The average molecular weight is 287 g/mol. The highest BCUT2D eigenvalue weighted by atomic mass is 16.6. The van der Waals surface area contributed by atoms with Crippen LogP contribution in [0.5, 0.6) is 0 Å². The molecule has 0 spiro atoms. The van der Waals surface area contributed by atoms with E-state index in [-0.39, 0.29) is 10.6 Å². The maximum absolute atomic E-state index is 11.0. The summed E-state index contributed by atoms with van der Waals surface area (Å²) in [6, 6.07) is 4.96. The Bertz CT molecular complexity index is 633. The van der Waals surface area contributed by atoms with Crippen molar-refractivity contribution in [1.82, 2.24) is 14.8 Å². The van der Waals surface area contributed by atoms with Crippen LogP contribution in [0.3, 0.4) is 0 Å². The molecule has 1 aromatic carbocycles. The van der Waals surface area contributed by atoms with Crippen LogP contribution >= 0.6 is 0 Å². The van der Waals surface area contributed by atoms with Crippen molar-refractivity contribution in [2.45, 2.75) is 19.8 Å². The number of nitrogens with zero attached hydrogens (tertiary/aromatic N) is 5. The Morgan fingerprint density at radius 1 is 1.19 bits per heavy atom. The molecule has 0 aliphatic carbocycles. The Kier molecular flexibility index (Phi) is 3.55. The highest BCUT2D eigenvalue weighted by Crippen LogP contribution is 2.31. The van der Waals surface area contributed by atoms with E-state index in [1.165, 1.54) is 0 Å². The van der Waals surface area contributed by atoms with Crippen LogP contribution in [-0.4, -0.2) is 32.8 Å². The lowest BCUT2D eigenvalue weighted by Gasteiger charge is -2.33. The van der Waals surface area contributed by atoms with Crippen LogP contribution < -0.4 is 4.90 Å². The van der Waals surface area contributed by atoms with Crippen molar-refractivity contribution in [1.29, 1.82) is 0 Å². The second-order valence-electron chi connectivity index (χ2n) is 5.47. The highest BCUT2D eigenvalue weighted by molar-refractivity contribution is 5.66. The van der Waals surface area contributed by atoms with E-state index < -0.39 is 0 Å². The summed E-state index contributed by atoms with van der Waals surface area (Å²) in [6.45, 7) is 4.19. The number of aromatic nitrogens is 3. The lowest BCUT2D eigenvalue weighted by molar-refractivity contribution is -0.384. The molecular weight excluding hydrogens is 270 g/mol. The Morgan fingerprint density at radius 3 is 2.48 bits per heavy atom. The van der Waals surface area contributed by atoms with Gasteiger partial charge in [-0.25, -0.2) is 0 Å². The number of hydrogen-bond acceptors (Lipinski definition) is 5. The summed E-state index contributed by atoms with van der Waals surface area (Å²) in [4.78, 5) is 12.9. The first-order valence-corrected chi connectivity index (χ1v) is 7.03. The van der Waals surface area contributed by atoms with Gasteiger partial charge in [-0.05, 0) is 24.8 Å². The van der Waals surface area contributed by atoms with Crippen LogP contribution in [0.25, 0.3) is 5.69 Å². The summed E-state index contributed by atoms with van der Waals surface area (Å²) in [5, 5.41) is 18.6. The van der Waals surface area contributed by atoms with Gasteiger partial charge >= 0.3 is 0 Å².